The van der Waals surface area contributed by atoms with Crippen LogP contribution in [0.5, 0.6) is 0 Å². The van der Waals surface area contributed by atoms with Crippen molar-refractivity contribution in [2.45, 2.75) is 26.2 Å². The fourth-order valence-corrected chi connectivity index (χ4v) is 4.37. The molecule has 1 aromatic carbocycles. The van der Waals surface area contributed by atoms with E-state index >= 15 is 0 Å². The van der Waals surface area contributed by atoms with Crippen molar-refractivity contribution in [2.75, 3.05) is 18.1 Å². The van der Waals surface area contributed by atoms with E-state index in [4.69, 9.17) is 9.15 Å². The molecule has 0 saturated heterocycles. The molecule has 1 fully saturated rings. The minimum Gasteiger partial charge on any atom is -0.497 e. The molecule has 0 unspecified atom stereocenters. The average Bonchev–Trinajstić information content (AvgIpc) is 3.56. The molecule has 0 atom stereocenters. The second-order valence-corrected chi connectivity index (χ2v) is 11.1. The third-order valence-corrected chi connectivity index (χ3v) is 6.83. The van der Waals surface area contributed by atoms with Gasteiger partial charge < -0.3 is 14.1 Å². The Morgan fingerprint density at radius 3 is 2.64 bits per heavy atom. The maximum atomic E-state index is 12.9. The van der Waals surface area contributed by atoms with E-state index in [-0.39, 0.29) is 33.6 Å². The van der Waals surface area contributed by atoms with Gasteiger partial charge in [0.05, 0.1) is 24.3 Å². The van der Waals surface area contributed by atoms with Crippen LogP contribution in [-0.4, -0.2) is 26.8 Å². The van der Waals surface area contributed by atoms with Gasteiger partial charge in [-0.1, -0.05) is 25.6 Å². The number of pyridine rings is 1. The summed E-state index contributed by atoms with van der Waals surface area (Å²) in [5.41, 5.74) is 1.12. The number of aromatic amines is 1. The number of methoxy groups -OCH3 is 1. The first-order valence-corrected chi connectivity index (χ1v) is 13.3. The predicted octanol–water partition coefficient (Wildman–Crippen LogP) is 4.67. The van der Waals surface area contributed by atoms with Gasteiger partial charge in [-0.3, -0.25) is 9.52 Å². The molecule has 1 aliphatic rings. The third kappa shape index (κ3) is 5.85. The first-order chi connectivity index (χ1) is 17.0. The van der Waals surface area contributed by atoms with Crippen molar-refractivity contribution in [3.8, 4) is 0 Å². The summed E-state index contributed by atoms with van der Waals surface area (Å²) in [6, 6.07) is 9.75. The number of fused-ring (bicyclic) bond motifs is 1. The Morgan fingerprint density at radius 2 is 2.00 bits per heavy atom. The van der Waals surface area contributed by atoms with Crippen molar-refractivity contribution in [3.63, 3.8) is 0 Å². The number of sulfonamides is 1. The largest absolute Gasteiger partial charge is 0.497 e. The summed E-state index contributed by atoms with van der Waals surface area (Å²) in [6.45, 7) is 6.16. The molecule has 188 valence electrons. The molecular weight excluding hydrogens is 480 g/mol. The highest BCUT2D eigenvalue weighted by molar-refractivity contribution is 7.92. The van der Waals surface area contributed by atoms with Crippen molar-refractivity contribution >= 4 is 37.6 Å². The van der Waals surface area contributed by atoms with E-state index in [0.717, 1.165) is 25.5 Å². The highest BCUT2D eigenvalue weighted by Gasteiger charge is 2.35. The Morgan fingerprint density at radius 1 is 1.25 bits per heavy atom. The van der Waals surface area contributed by atoms with Crippen LogP contribution in [0.25, 0.3) is 21.9 Å². The van der Waals surface area contributed by atoms with Crippen LogP contribution in [0.1, 0.15) is 37.5 Å². The van der Waals surface area contributed by atoms with E-state index in [9.17, 15) is 18.0 Å². The van der Waals surface area contributed by atoms with Crippen LogP contribution in [0.2, 0.25) is 0 Å². The Balaban J connectivity index is 1.85. The molecule has 3 aromatic rings. The summed E-state index contributed by atoms with van der Waals surface area (Å²) in [4.78, 5) is 28.2. The highest BCUT2D eigenvalue weighted by atomic mass is 32.2. The van der Waals surface area contributed by atoms with Crippen molar-refractivity contribution in [1.29, 1.82) is 0 Å². The summed E-state index contributed by atoms with van der Waals surface area (Å²) in [5.74, 6) is 0.461. The van der Waals surface area contributed by atoms with Crippen molar-refractivity contribution in [3.05, 3.63) is 99.2 Å². The molecule has 0 radical (unpaired) electrons. The summed E-state index contributed by atoms with van der Waals surface area (Å²) >= 11 is 0. The molecule has 1 saturated carbocycles. The van der Waals surface area contributed by atoms with Gasteiger partial charge in [-0.2, -0.15) is 0 Å². The number of hydrogen-bond acceptors (Lipinski definition) is 6. The summed E-state index contributed by atoms with van der Waals surface area (Å²) < 4.78 is 36.5. The number of allylic oxidation sites excluding steroid dienone is 4. The first kappa shape index (κ1) is 25.2. The molecule has 2 heterocycles. The van der Waals surface area contributed by atoms with Crippen LogP contribution in [0.4, 0.5) is 5.69 Å². The number of nitrogens with one attached hydrogen (secondary N) is 2. The molecule has 2 aromatic heterocycles. The molecule has 9 heteroatoms. The van der Waals surface area contributed by atoms with E-state index in [2.05, 4.69) is 23.2 Å². The molecule has 2 N–H and O–H groups in total. The van der Waals surface area contributed by atoms with E-state index in [1.165, 1.54) is 13.2 Å². The van der Waals surface area contributed by atoms with Gasteiger partial charge in [-0.05, 0) is 72.0 Å². The van der Waals surface area contributed by atoms with Crippen LogP contribution in [0, 0.1) is 5.41 Å². The highest BCUT2D eigenvalue weighted by Crippen LogP contribution is 2.49. The van der Waals surface area contributed by atoms with Gasteiger partial charge in [0.2, 0.25) is 10.0 Å². The second kappa shape index (κ2) is 9.66. The fraction of sp³-hybridized carbons (Fsp3) is 0.259. The summed E-state index contributed by atoms with van der Waals surface area (Å²) in [5, 5.41) is 0.760. The number of H-pyrrole nitrogens is 1. The Labute approximate surface area is 209 Å². The number of aromatic nitrogens is 1. The topological polar surface area (TPSA) is 118 Å². The summed E-state index contributed by atoms with van der Waals surface area (Å²) in [6.07, 6.45) is 9.40. The maximum absolute atomic E-state index is 12.9. The van der Waals surface area contributed by atoms with E-state index < -0.39 is 15.6 Å². The van der Waals surface area contributed by atoms with Gasteiger partial charge in [0, 0.05) is 17.4 Å². The summed E-state index contributed by atoms with van der Waals surface area (Å²) in [7, 11) is -2.04. The van der Waals surface area contributed by atoms with Gasteiger partial charge in [0.25, 0.3) is 5.56 Å². The fourth-order valence-electron chi connectivity index (χ4n) is 3.82. The average molecular weight is 509 g/mol. The standard InChI is InChI=1S/C27H28N2O6S/c1-17(34-3)22(14-19(9-10-27(2)11-12-27)21-6-5-13-28-25(21)30)24-15-18-7-8-20(29-36(4,32)33)16-23(18)26(31)35-24/h5-9,13-16,29H,1,10-12H2,2-4H3,(H,28,30)/b19-9+,22-14+. The zero-order valence-electron chi connectivity index (χ0n) is 20.4. The molecule has 0 aliphatic heterocycles. The Kier molecular flexibility index (Phi) is 6.77. The first-order valence-electron chi connectivity index (χ1n) is 11.4. The lowest BCUT2D eigenvalue weighted by molar-refractivity contribution is 0.310. The van der Waals surface area contributed by atoms with Crippen molar-refractivity contribution in [1.82, 2.24) is 4.98 Å². The zero-order valence-corrected chi connectivity index (χ0v) is 21.2. The van der Waals surface area contributed by atoms with Gasteiger partial charge >= 0.3 is 5.63 Å². The lowest BCUT2D eigenvalue weighted by Crippen LogP contribution is -2.11. The van der Waals surface area contributed by atoms with Gasteiger partial charge in [-0.25, -0.2) is 13.2 Å². The number of anilines is 1. The minimum absolute atomic E-state index is 0.207. The number of hydrogen-bond donors (Lipinski definition) is 2. The lowest BCUT2D eigenvalue weighted by Gasteiger charge is -2.13. The Bertz CT molecular complexity index is 1620. The van der Waals surface area contributed by atoms with Gasteiger partial charge in [-0.15, -0.1) is 0 Å². The number of ether oxygens (including phenoxy) is 1. The normalized spacial score (nSPS) is 15.5. The molecule has 1 aliphatic carbocycles. The maximum Gasteiger partial charge on any atom is 0.344 e. The van der Waals surface area contributed by atoms with E-state index in [1.807, 2.05) is 6.08 Å². The molecule has 36 heavy (non-hydrogen) atoms. The van der Waals surface area contributed by atoms with Crippen LogP contribution in [0.3, 0.4) is 0 Å². The SMILES string of the molecule is C=C(OC)/C(=C\C(=C/CC1(C)CC1)c1ccc[nH]c1=O)c1cc2ccc(NS(C)(=O)=O)cc2c(=O)o1. The molecule has 0 bridgehead atoms. The molecular formula is C27H28N2O6S. The number of benzene rings is 1. The van der Waals surface area contributed by atoms with E-state index in [0.29, 0.717) is 22.1 Å². The molecule has 8 nitrogen and oxygen atoms in total. The van der Waals surface area contributed by atoms with Crippen molar-refractivity contribution in [2.24, 2.45) is 5.41 Å². The molecule has 0 spiro atoms. The van der Waals surface area contributed by atoms with Crippen LogP contribution in [0.15, 0.2) is 81.1 Å². The van der Waals surface area contributed by atoms with E-state index in [1.54, 1.807) is 42.6 Å². The third-order valence-electron chi connectivity index (χ3n) is 6.23. The molecule has 4 rings (SSSR count). The zero-order chi connectivity index (χ0) is 26.1. The van der Waals surface area contributed by atoms with Gasteiger partial charge in [0.15, 0.2) is 0 Å². The lowest BCUT2D eigenvalue weighted by atomic mass is 9.97. The quantitative estimate of drug-likeness (QED) is 0.320. The van der Waals surface area contributed by atoms with Gasteiger partial charge in [0.1, 0.15) is 11.5 Å². The van der Waals surface area contributed by atoms with Crippen molar-refractivity contribution < 1.29 is 17.6 Å². The second-order valence-electron chi connectivity index (χ2n) is 9.35. The Hall–Kier alpha value is -3.85. The van der Waals surface area contributed by atoms with Crippen LogP contribution in [-0.2, 0) is 14.8 Å². The monoisotopic (exact) mass is 508 g/mol. The van der Waals surface area contributed by atoms with Crippen LogP contribution >= 0.6 is 0 Å². The predicted molar refractivity (Wildman–Crippen MR) is 142 cm³/mol. The minimum atomic E-state index is -3.50. The molecule has 0 amide bonds. The van der Waals surface area contributed by atoms with Crippen LogP contribution < -0.4 is 15.9 Å². The smallest absolute Gasteiger partial charge is 0.344 e. The number of rotatable bonds is 9.